The molecule has 6 nitrogen and oxygen atoms in total. The molecule has 0 aromatic carbocycles. The van der Waals surface area contributed by atoms with Crippen molar-refractivity contribution in [1.82, 2.24) is 4.72 Å². The van der Waals surface area contributed by atoms with Gasteiger partial charge < -0.3 is 21.9 Å². The smallest absolute Gasteiger partial charge is 0.198 e. The van der Waals surface area contributed by atoms with Gasteiger partial charge in [0.1, 0.15) is 0 Å². The maximum Gasteiger partial charge on any atom is 0.198 e. The number of hydrogen-bond donors (Lipinski definition) is 5. The van der Waals surface area contributed by atoms with Gasteiger partial charge in [-0.2, -0.15) is 12.6 Å². The lowest BCUT2D eigenvalue weighted by atomic mass is 10.5. The molecule has 88 valence electrons. The molecule has 0 aliphatic rings. The van der Waals surface area contributed by atoms with E-state index in [1.165, 1.54) is 11.9 Å². The van der Waals surface area contributed by atoms with Crippen molar-refractivity contribution in [2.75, 3.05) is 24.6 Å². The first-order valence-corrected chi connectivity index (χ1v) is 6.12. The summed E-state index contributed by atoms with van der Waals surface area (Å²) in [6.07, 6.45) is 0.884. The average molecular weight is 250 g/mol. The summed E-state index contributed by atoms with van der Waals surface area (Å²) in [4.78, 5) is 7.86. The van der Waals surface area contributed by atoms with Crippen LogP contribution in [0, 0.1) is 0 Å². The molecule has 0 fully saturated rings. The maximum absolute atomic E-state index is 5.54. The van der Waals surface area contributed by atoms with E-state index in [4.69, 9.17) is 17.2 Å². The molecule has 0 atom stereocenters. The molecule has 7 N–H and O–H groups in total. The first-order valence-electron chi connectivity index (χ1n) is 4.50. The number of aliphatic imine (C=N–C) groups is 2. The standard InChI is InChI=1S/C7H18N6S2/c8-6(9)11-2-1-5-15-13-7(10)12-3-4-14/h14H,1-5H2,(H4,8,9,11)(H3,10,12,13). The van der Waals surface area contributed by atoms with Crippen molar-refractivity contribution >= 4 is 36.5 Å². The highest BCUT2D eigenvalue weighted by Crippen LogP contribution is 1.96. The van der Waals surface area contributed by atoms with Gasteiger partial charge in [-0.25, -0.2) is 0 Å². The lowest BCUT2D eigenvalue weighted by Gasteiger charge is -2.03. The van der Waals surface area contributed by atoms with Crippen LogP contribution in [-0.4, -0.2) is 36.5 Å². The van der Waals surface area contributed by atoms with Gasteiger partial charge >= 0.3 is 0 Å². The largest absolute Gasteiger partial charge is 0.370 e. The summed E-state index contributed by atoms with van der Waals surface area (Å²) in [5.41, 5.74) is 15.9. The van der Waals surface area contributed by atoms with Crippen LogP contribution >= 0.6 is 24.6 Å². The molecule has 0 bridgehead atoms. The van der Waals surface area contributed by atoms with Gasteiger partial charge in [-0.3, -0.25) is 9.98 Å². The second-order valence-electron chi connectivity index (χ2n) is 2.60. The van der Waals surface area contributed by atoms with Crippen LogP contribution in [0.3, 0.4) is 0 Å². The van der Waals surface area contributed by atoms with Crippen LogP contribution < -0.4 is 21.9 Å². The Balaban J connectivity index is 3.34. The molecule has 0 aliphatic carbocycles. The van der Waals surface area contributed by atoms with E-state index >= 15 is 0 Å². The molecular formula is C7H18N6S2. The number of rotatable bonds is 7. The zero-order valence-electron chi connectivity index (χ0n) is 8.52. The summed E-state index contributed by atoms with van der Waals surface area (Å²) in [5, 5.41) is 0. The van der Waals surface area contributed by atoms with Crippen molar-refractivity contribution in [3.8, 4) is 0 Å². The summed E-state index contributed by atoms with van der Waals surface area (Å²) in [6, 6.07) is 0. The molecule has 0 radical (unpaired) electrons. The van der Waals surface area contributed by atoms with Crippen LogP contribution in [0.2, 0.25) is 0 Å². The molecule has 0 saturated carbocycles. The predicted octanol–water partition coefficient (Wildman–Crippen LogP) is -0.868. The zero-order valence-corrected chi connectivity index (χ0v) is 10.2. The third-order valence-electron chi connectivity index (χ3n) is 1.26. The third kappa shape index (κ3) is 11.2. The number of guanidine groups is 2. The van der Waals surface area contributed by atoms with Gasteiger partial charge in [0, 0.05) is 18.1 Å². The molecule has 0 rings (SSSR count). The fraction of sp³-hybridized carbons (Fsp3) is 0.714. The Bertz CT molecular complexity index is 214. The van der Waals surface area contributed by atoms with Crippen LogP contribution in [0.15, 0.2) is 9.98 Å². The molecule has 0 saturated heterocycles. The lowest BCUT2D eigenvalue weighted by molar-refractivity contribution is 0.936. The number of nitrogens with one attached hydrogen (secondary N) is 1. The Morgan fingerprint density at radius 1 is 1.20 bits per heavy atom. The first-order chi connectivity index (χ1) is 7.16. The van der Waals surface area contributed by atoms with E-state index < -0.39 is 0 Å². The normalized spacial score (nSPS) is 11.1. The van der Waals surface area contributed by atoms with E-state index in [0.29, 0.717) is 24.8 Å². The molecule has 0 aliphatic heterocycles. The first kappa shape index (κ1) is 14.2. The predicted molar refractivity (Wildman–Crippen MR) is 71.2 cm³/mol. The molecule has 0 unspecified atom stereocenters. The average Bonchev–Trinajstić information content (AvgIpc) is 2.19. The zero-order chi connectivity index (χ0) is 11.5. The fourth-order valence-corrected chi connectivity index (χ4v) is 1.36. The molecule has 8 heteroatoms. The van der Waals surface area contributed by atoms with Crippen LogP contribution in [0.5, 0.6) is 0 Å². The highest BCUT2D eigenvalue weighted by atomic mass is 32.2. The van der Waals surface area contributed by atoms with E-state index in [1.807, 2.05) is 0 Å². The molecule has 0 spiro atoms. The summed E-state index contributed by atoms with van der Waals surface area (Å²) in [6.45, 7) is 1.25. The van der Waals surface area contributed by atoms with Crippen molar-refractivity contribution in [1.29, 1.82) is 0 Å². The van der Waals surface area contributed by atoms with E-state index in [2.05, 4.69) is 27.3 Å². The maximum atomic E-state index is 5.54. The van der Waals surface area contributed by atoms with Crippen LogP contribution in [0.1, 0.15) is 6.42 Å². The van der Waals surface area contributed by atoms with Gasteiger partial charge in [-0.05, 0) is 6.42 Å². The summed E-state index contributed by atoms with van der Waals surface area (Å²) in [5.74, 6) is 2.12. The number of nitrogens with two attached hydrogens (primary N) is 3. The minimum absolute atomic E-state index is 0.128. The van der Waals surface area contributed by atoms with Crippen molar-refractivity contribution in [3.63, 3.8) is 0 Å². The molecular weight excluding hydrogens is 232 g/mol. The fourth-order valence-electron chi connectivity index (χ4n) is 0.673. The van der Waals surface area contributed by atoms with Gasteiger partial charge in [-0.1, -0.05) is 11.9 Å². The Morgan fingerprint density at radius 3 is 2.53 bits per heavy atom. The van der Waals surface area contributed by atoms with Gasteiger partial charge in [0.15, 0.2) is 11.9 Å². The minimum Gasteiger partial charge on any atom is -0.370 e. The molecule has 15 heavy (non-hydrogen) atoms. The van der Waals surface area contributed by atoms with E-state index in [-0.39, 0.29) is 5.96 Å². The number of nitrogens with zero attached hydrogens (tertiary/aromatic N) is 2. The Kier molecular flexibility index (Phi) is 9.29. The highest BCUT2D eigenvalue weighted by molar-refractivity contribution is 7.97. The number of hydrogen-bond acceptors (Lipinski definition) is 4. The number of thiol groups is 1. The van der Waals surface area contributed by atoms with Crippen molar-refractivity contribution in [2.24, 2.45) is 27.2 Å². The molecule has 0 aromatic heterocycles. The molecule has 0 aromatic rings. The lowest BCUT2D eigenvalue weighted by Crippen LogP contribution is -2.27. The molecule has 0 heterocycles. The van der Waals surface area contributed by atoms with Crippen LogP contribution in [0.4, 0.5) is 0 Å². The quantitative estimate of drug-likeness (QED) is 0.132. The second-order valence-corrected chi connectivity index (χ2v) is 3.95. The van der Waals surface area contributed by atoms with E-state index in [9.17, 15) is 0 Å². The van der Waals surface area contributed by atoms with Gasteiger partial charge in [-0.15, -0.1) is 0 Å². The van der Waals surface area contributed by atoms with Crippen molar-refractivity contribution in [3.05, 3.63) is 0 Å². The van der Waals surface area contributed by atoms with E-state index in [0.717, 1.165) is 12.2 Å². The van der Waals surface area contributed by atoms with Crippen molar-refractivity contribution < 1.29 is 0 Å². The highest BCUT2D eigenvalue weighted by Gasteiger charge is 1.91. The SMILES string of the molecule is NC(N)=NCCCSNC(N)=NCCS. The monoisotopic (exact) mass is 250 g/mol. The third-order valence-corrected chi connectivity index (χ3v) is 2.30. The minimum atomic E-state index is 0.128. The van der Waals surface area contributed by atoms with Gasteiger partial charge in [0.2, 0.25) is 0 Å². The Hall–Kier alpha value is -0.760. The van der Waals surface area contributed by atoms with Crippen molar-refractivity contribution in [2.45, 2.75) is 6.42 Å². The Morgan fingerprint density at radius 2 is 1.93 bits per heavy atom. The van der Waals surface area contributed by atoms with Crippen LogP contribution in [-0.2, 0) is 0 Å². The summed E-state index contributed by atoms with van der Waals surface area (Å²) < 4.78 is 2.91. The second kappa shape index (κ2) is 9.78. The summed E-state index contributed by atoms with van der Waals surface area (Å²) in [7, 11) is 0. The topological polar surface area (TPSA) is 115 Å². The Labute approximate surface area is 99.7 Å². The van der Waals surface area contributed by atoms with Gasteiger partial charge in [0.05, 0.1) is 6.54 Å². The van der Waals surface area contributed by atoms with Gasteiger partial charge in [0.25, 0.3) is 0 Å². The van der Waals surface area contributed by atoms with Crippen LogP contribution in [0.25, 0.3) is 0 Å². The summed E-state index contributed by atoms with van der Waals surface area (Å²) >= 11 is 5.50. The molecule has 0 amide bonds. The van der Waals surface area contributed by atoms with E-state index in [1.54, 1.807) is 0 Å².